The van der Waals surface area contributed by atoms with Gasteiger partial charge in [-0.2, -0.15) is 0 Å². The van der Waals surface area contributed by atoms with Gasteiger partial charge in [0.05, 0.1) is 0 Å². The molecule has 0 aromatic heterocycles. The molecule has 0 radical (unpaired) electrons. The van der Waals surface area contributed by atoms with E-state index in [1.165, 1.54) is 6.20 Å². The highest BCUT2D eigenvalue weighted by Gasteiger charge is 1.78. The zero-order valence-corrected chi connectivity index (χ0v) is 4.89. The average molecular weight is 113 g/mol. The van der Waals surface area contributed by atoms with Gasteiger partial charge in [0.25, 0.3) is 0 Å². The van der Waals surface area contributed by atoms with E-state index >= 15 is 0 Å². The van der Waals surface area contributed by atoms with Gasteiger partial charge in [0, 0.05) is 17.6 Å². The third kappa shape index (κ3) is 3.08. The highest BCUT2D eigenvalue weighted by atomic mass is 14.6. The minimum absolute atomic E-state index is 0.491. The van der Waals surface area contributed by atoms with Crippen molar-refractivity contribution >= 4 is 0 Å². The molecule has 3 nitrogen and oxygen atoms in total. The second kappa shape index (κ2) is 2.96. The largest absolute Gasteiger partial charge is 0.403 e. The number of allylic oxidation sites excluding steroid dienone is 2. The standard InChI is InChI=1S/C5H11N3/c1-4(7)2-5(8)3-6/h2-3H,6-8H2,1H3/b4-2-,5-3+. The van der Waals surface area contributed by atoms with Crippen LogP contribution in [0.2, 0.25) is 0 Å². The van der Waals surface area contributed by atoms with Gasteiger partial charge in [-0.25, -0.2) is 0 Å². The van der Waals surface area contributed by atoms with Crippen molar-refractivity contribution in [2.75, 3.05) is 0 Å². The zero-order valence-electron chi connectivity index (χ0n) is 4.89. The van der Waals surface area contributed by atoms with Crippen molar-refractivity contribution in [1.29, 1.82) is 0 Å². The van der Waals surface area contributed by atoms with Crippen molar-refractivity contribution < 1.29 is 0 Å². The molecule has 0 spiro atoms. The van der Waals surface area contributed by atoms with Gasteiger partial charge in [0.15, 0.2) is 0 Å². The van der Waals surface area contributed by atoms with Crippen molar-refractivity contribution in [3.63, 3.8) is 0 Å². The maximum Gasteiger partial charge on any atom is 0.0488 e. The molecule has 0 unspecified atom stereocenters. The molecule has 6 N–H and O–H groups in total. The predicted molar refractivity (Wildman–Crippen MR) is 34.4 cm³/mol. The summed E-state index contributed by atoms with van der Waals surface area (Å²) in [4.78, 5) is 0. The minimum Gasteiger partial charge on any atom is -0.403 e. The minimum atomic E-state index is 0.491. The lowest BCUT2D eigenvalue weighted by molar-refractivity contribution is 1.26. The van der Waals surface area contributed by atoms with Crippen LogP contribution in [-0.2, 0) is 0 Å². The van der Waals surface area contributed by atoms with Gasteiger partial charge in [-0.05, 0) is 13.0 Å². The molecule has 0 heterocycles. The maximum atomic E-state index is 5.25. The van der Waals surface area contributed by atoms with E-state index in [0.717, 1.165) is 0 Å². The Morgan fingerprint density at radius 3 is 2.00 bits per heavy atom. The number of nitrogens with two attached hydrogens (primary N) is 3. The van der Waals surface area contributed by atoms with Crippen LogP contribution in [0.1, 0.15) is 6.92 Å². The first-order valence-electron chi connectivity index (χ1n) is 2.28. The van der Waals surface area contributed by atoms with E-state index < -0.39 is 0 Å². The summed E-state index contributed by atoms with van der Waals surface area (Å²) >= 11 is 0. The fourth-order valence-electron chi connectivity index (χ4n) is 0.311. The van der Waals surface area contributed by atoms with Crippen LogP contribution < -0.4 is 17.2 Å². The van der Waals surface area contributed by atoms with E-state index in [-0.39, 0.29) is 0 Å². The highest BCUT2D eigenvalue weighted by Crippen LogP contribution is 1.85. The first kappa shape index (κ1) is 6.88. The van der Waals surface area contributed by atoms with E-state index in [4.69, 9.17) is 17.2 Å². The summed E-state index contributed by atoms with van der Waals surface area (Å²) in [6.07, 6.45) is 2.90. The van der Waals surface area contributed by atoms with Gasteiger partial charge in [-0.3, -0.25) is 0 Å². The van der Waals surface area contributed by atoms with Crippen LogP contribution in [0.25, 0.3) is 0 Å². The molecule has 8 heavy (non-hydrogen) atoms. The molecule has 0 aliphatic rings. The molecule has 3 heteroatoms. The molecule has 0 aliphatic carbocycles. The topological polar surface area (TPSA) is 78.1 Å². The molecule has 46 valence electrons. The van der Waals surface area contributed by atoms with Gasteiger partial charge in [0.1, 0.15) is 0 Å². The number of hydrogen-bond donors (Lipinski definition) is 3. The Kier molecular flexibility index (Phi) is 2.54. The Balaban J connectivity index is 3.89. The van der Waals surface area contributed by atoms with Crippen LogP contribution in [0.5, 0.6) is 0 Å². The molecule has 0 rings (SSSR count). The molecule has 0 aromatic carbocycles. The summed E-state index contributed by atoms with van der Waals surface area (Å²) in [5, 5.41) is 0. The molecule has 0 aromatic rings. The molecular formula is C5H11N3. The van der Waals surface area contributed by atoms with Crippen molar-refractivity contribution in [2.45, 2.75) is 6.92 Å². The van der Waals surface area contributed by atoms with Crippen LogP contribution in [0.3, 0.4) is 0 Å². The first-order valence-corrected chi connectivity index (χ1v) is 2.28. The Bertz CT molecular complexity index is 120. The Morgan fingerprint density at radius 1 is 1.38 bits per heavy atom. The monoisotopic (exact) mass is 113 g/mol. The third-order valence-corrected chi connectivity index (χ3v) is 0.587. The molecule has 0 saturated carbocycles. The third-order valence-electron chi connectivity index (χ3n) is 0.587. The maximum absolute atomic E-state index is 5.25. The Hall–Kier alpha value is -1.12. The average Bonchev–Trinajstić information content (AvgIpc) is 1.65. The van der Waals surface area contributed by atoms with Crippen LogP contribution in [0.15, 0.2) is 23.7 Å². The molecule has 0 bridgehead atoms. The van der Waals surface area contributed by atoms with Gasteiger partial charge in [-0.15, -0.1) is 0 Å². The Morgan fingerprint density at radius 2 is 1.88 bits per heavy atom. The smallest absolute Gasteiger partial charge is 0.0488 e. The highest BCUT2D eigenvalue weighted by molar-refractivity contribution is 5.16. The van der Waals surface area contributed by atoms with Crippen LogP contribution in [-0.4, -0.2) is 0 Å². The van der Waals surface area contributed by atoms with E-state index in [0.29, 0.717) is 11.4 Å². The lowest BCUT2D eigenvalue weighted by Crippen LogP contribution is -2.00. The summed E-state index contributed by atoms with van der Waals surface area (Å²) in [5.74, 6) is 0. The predicted octanol–water partition coefficient (Wildman–Crippen LogP) is -0.392. The van der Waals surface area contributed by atoms with E-state index in [1.807, 2.05) is 0 Å². The van der Waals surface area contributed by atoms with Gasteiger partial charge >= 0.3 is 0 Å². The quantitative estimate of drug-likeness (QED) is 0.405. The molecule has 0 aliphatic heterocycles. The zero-order chi connectivity index (χ0) is 6.57. The molecular weight excluding hydrogens is 102 g/mol. The Labute approximate surface area is 48.8 Å². The summed E-state index contributed by atoms with van der Waals surface area (Å²) in [6, 6.07) is 0. The second-order valence-corrected chi connectivity index (χ2v) is 1.56. The fourth-order valence-corrected chi connectivity index (χ4v) is 0.311. The van der Waals surface area contributed by atoms with Gasteiger partial charge in [-0.1, -0.05) is 0 Å². The SMILES string of the molecule is C/C(N)=C/C(N)=C\N. The van der Waals surface area contributed by atoms with Crippen molar-refractivity contribution in [2.24, 2.45) is 17.2 Å². The fraction of sp³-hybridized carbons (Fsp3) is 0.200. The number of hydrogen-bond acceptors (Lipinski definition) is 3. The molecule has 0 amide bonds. The summed E-state index contributed by atoms with van der Waals surface area (Å²) in [6.45, 7) is 1.75. The summed E-state index contributed by atoms with van der Waals surface area (Å²) < 4.78 is 0. The van der Waals surface area contributed by atoms with Crippen molar-refractivity contribution in [3.05, 3.63) is 23.7 Å². The van der Waals surface area contributed by atoms with Crippen molar-refractivity contribution in [3.8, 4) is 0 Å². The second-order valence-electron chi connectivity index (χ2n) is 1.56. The lowest BCUT2D eigenvalue weighted by atomic mass is 10.4. The molecule has 0 atom stereocenters. The van der Waals surface area contributed by atoms with Crippen LogP contribution in [0.4, 0.5) is 0 Å². The lowest BCUT2D eigenvalue weighted by Gasteiger charge is -1.89. The normalized spacial score (nSPS) is 14.1. The molecule has 0 saturated heterocycles. The van der Waals surface area contributed by atoms with Crippen molar-refractivity contribution in [1.82, 2.24) is 0 Å². The van der Waals surface area contributed by atoms with Gasteiger partial charge in [0.2, 0.25) is 0 Å². The first-order chi connectivity index (χ1) is 3.66. The number of rotatable bonds is 1. The van der Waals surface area contributed by atoms with Crippen LogP contribution in [0, 0.1) is 0 Å². The van der Waals surface area contributed by atoms with E-state index in [9.17, 15) is 0 Å². The summed E-state index contributed by atoms with van der Waals surface area (Å²) in [7, 11) is 0. The summed E-state index contributed by atoms with van der Waals surface area (Å²) in [5.41, 5.74) is 16.7. The van der Waals surface area contributed by atoms with Crippen LogP contribution >= 0.6 is 0 Å². The van der Waals surface area contributed by atoms with E-state index in [2.05, 4.69) is 0 Å². The van der Waals surface area contributed by atoms with E-state index in [1.54, 1.807) is 13.0 Å². The molecule has 0 fully saturated rings. The van der Waals surface area contributed by atoms with Gasteiger partial charge < -0.3 is 17.2 Å².